The van der Waals surface area contributed by atoms with Gasteiger partial charge in [0.1, 0.15) is 12.7 Å². The van der Waals surface area contributed by atoms with Gasteiger partial charge in [-0.25, -0.2) is 0 Å². The van der Waals surface area contributed by atoms with Gasteiger partial charge in [0.2, 0.25) is 0 Å². The van der Waals surface area contributed by atoms with E-state index in [0.717, 1.165) is 0 Å². The summed E-state index contributed by atoms with van der Waals surface area (Å²) >= 11 is 0. The van der Waals surface area contributed by atoms with Crippen LogP contribution in [0.15, 0.2) is 0 Å². The van der Waals surface area contributed by atoms with Crippen molar-refractivity contribution < 1.29 is 19.7 Å². The van der Waals surface area contributed by atoms with Gasteiger partial charge in [0.05, 0.1) is 12.5 Å². The molecule has 1 heterocycles. The normalized spacial score (nSPS) is 36.0. The van der Waals surface area contributed by atoms with Crippen LogP contribution in [0.5, 0.6) is 0 Å². The van der Waals surface area contributed by atoms with Crippen molar-refractivity contribution in [2.75, 3.05) is 6.61 Å². The molecule has 52 valence electrons. The molecule has 2 atom stereocenters. The Morgan fingerprint density at radius 2 is 2.11 bits per heavy atom. The molecule has 0 aliphatic carbocycles. The molecule has 0 spiro atoms. The maximum absolute atomic E-state index is 10.3. The summed E-state index contributed by atoms with van der Waals surface area (Å²) < 4.78 is 4.41. The van der Waals surface area contributed by atoms with Gasteiger partial charge in [-0.15, -0.1) is 0 Å². The molecule has 1 rings (SSSR count). The molecule has 1 saturated heterocycles. The van der Waals surface area contributed by atoms with Gasteiger partial charge in [-0.05, 0) is 0 Å². The first kappa shape index (κ1) is 6.51. The maximum atomic E-state index is 10.3. The molecular formula is C5H8O4. The van der Waals surface area contributed by atoms with Gasteiger partial charge < -0.3 is 14.9 Å². The van der Waals surface area contributed by atoms with Crippen LogP contribution in [-0.4, -0.2) is 35.0 Å². The zero-order valence-corrected chi connectivity index (χ0v) is 4.78. The van der Waals surface area contributed by atoms with Crippen molar-refractivity contribution in [1.29, 1.82) is 0 Å². The number of ether oxygens (including phenoxy) is 1. The van der Waals surface area contributed by atoms with Gasteiger partial charge in [-0.1, -0.05) is 0 Å². The summed E-state index contributed by atoms with van der Waals surface area (Å²) in [4.78, 5) is 10.3. The summed E-state index contributed by atoms with van der Waals surface area (Å²) in [6, 6.07) is 0. The molecule has 9 heavy (non-hydrogen) atoms. The Labute approximate surface area is 52.1 Å². The lowest BCUT2D eigenvalue weighted by molar-refractivity contribution is -0.162. The highest BCUT2D eigenvalue weighted by Crippen LogP contribution is 2.07. The second kappa shape index (κ2) is 2.33. The van der Waals surface area contributed by atoms with Gasteiger partial charge in [-0.2, -0.15) is 0 Å². The third-order valence-electron chi connectivity index (χ3n) is 1.24. The minimum absolute atomic E-state index is 0.0833. The molecule has 0 unspecified atom stereocenters. The first-order chi connectivity index (χ1) is 4.20. The first-order valence-electron chi connectivity index (χ1n) is 2.72. The second-order valence-corrected chi connectivity index (χ2v) is 2.02. The molecule has 0 aromatic rings. The minimum atomic E-state index is -0.939. The fourth-order valence-corrected chi connectivity index (χ4v) is 0.655. The zero-order valence-electron chi connectivity index (χ0n) is 4.78. The standard InChI is InChI=1S/C5H8O4/c6-3-1-5(8)9-2-4(3)7/h3-4,6-7H,1-2H2/t3-,4+/m0/s1. The number of hydrogen-bond acceptors (Lipinski definition) is 4. The summed E-state index contributed by atoms with van der Waals surface area (Å²) in [6.07, 6.45) is -1.94. The quantitative estimate of drug-likeness (QED) is 0.400. The SMILES string of the molecule is O=C1C[C@H](O)[C@H](O)CO1. The molecule has 2 N–H and O–H groups in total. The van der Waals surface area contributed by atoms with Crippen molar-refractivity contribution in [3.63, 3.8) is 0 Å². The zero-order chi connectivity index (χ0) is 6.85. The maximum Gasteiger partial charge on any atom is 0.308 e. The Balaban J connectivity index is 2.44. The molecule has 0 amide bonds. The average Bonchev–Trinajstić information content (AvgIpc) is 1.80. The molecule has 1 aliphatic heterocycles. The Kier molecular flexibility index (Phi) is 1.68. The van der Waals surface area contributed by atoms with Gasteiger partial charge in [0.25, 0.3) is 0 Å². The third kappa shape index (κ3) is 1.40. The van der Waals surface area contributed by atoms with E-state index < -0.39 is 18.2 Å². The van der Waals surface area contributed by atoms with Crippen LogP contribution in [0.3, 0.4) is 0 Å². The van der Waals surface area contributed by atoms with E-state index in [9.17, 15) is 4.79 Å². The van der Waals surface area contributed by atoms with E-state index in [1.807, 2.05) is 0 Å². The van der Waals surface area contributed by atoms with Gasteiger partial charge in [-0.3, -0.25) is 4.79 Å². The van der Waals surface area contributed by atoms with Crippen LogP contribution in [0.1, 0.15) is 6.42 Å². The van der Waals surface area contributed by atoms with E-state index in [1.165, 1.54) is 0 Å². The Morgan fingerprint density at radius 1 is 1.44 bits per heavy atom. The van der Waals surface area contributed by atoms with Crippen LogP contribution in [0.4, 0.5) is 0 Å². The number of rotatable bonds is 0. The van der Waals surface area contributed by atoms with Gasteiger partial charge in [0, 0.05) is 0 Å². The van der Waals surface area contributed by atoms with Crippen LogP contribution >= 0.6 is 0 Å². The summed E-state index contributed by atoms with van der Waals surface area (Å²) in [5.41, 5.74) is 0. The number of hydrogen-bond donors (Lipinski definition) is 2. The van der Waals surface area contributed by atoms with Crippen LogP contribution in [-0.2, 0) is 9.53 Å². The van der Waals surface area contributed by atoms with E-state index in [-0.39, 0.29) is 13.0 Å². The van der Waals surface area contributed by atoms with E-state index in [4.69, 9.17) is 10.2 Å². The number of aliphatic hydroxyl groups is 2. The highest BCUT2D eigenvalue weighted by Gasteiger charge is 2.26. The topological polar surface area (TPSA) is 66.8 Å². The number of cyclic esters (lactones) is 1. The number of carbonyl (C=O) groups is 1. The largest absolute Gasteiger partial charge is 0.463 e. The summed E-state index contributed by atoms with van der Waals surface area (Å²) in [7, 11) is 0. The molecule has 0 radical (unpaired) electrons. The molecule has 4 heteroatoms. The minimum Gasteiger partial charge on any atom is -0.463 e. The smallest absolute Gasteiger partial charge is 0.308 e. The molecule has 1 aliphatic rings. The predicted octanol–water partition coefficient (Wildman–Crippen LogP) is -1.34. The molecule has 0 aromatic heterocycles. The van der Waals surface area contributed by atoms with E-state index in [1.54, 1.807) is 0 Å². The van der Waals surface area contributed by atoms with Crippen molar-refractivity contribution >= 4 is 5.97 Å². The lowest BCUT2D eigenvalue weighted by Crippen LogP contribution is -2.38. The number of carbonyl (C=O) groups excluding carboxylic acids is 1. The predicted molar refractivity (Wildman–Crippen MR) is 27.6 cm³/mol. The van der Waals surface area contributed by atoms with Crippen molar-refractivity contribution in [3.8, 4) is 0 Å². The van der Waals surface area contributed by atoms with Crippen LogP contribution in [0, 0.1) is 0 Å². The Bertz CT molecular complexity index is 122. The highest BCUT2D eigenvalue weighted by molar-refractivity contribution is 5.70. The van der Waals surface area contributed by atoms with Gasteiger partial charge in [0.15, 0.2) is 0 Å². The lowest BCUT2D eigenvalue weighted by Gasteiger charge is -2.21. The molecular weight excluding hydrogens is 124 g/mol. The summed E-state index contributed by atoms with van der Waals surface area (Å²) in [6.45, 7) is -0.0833. The van der Waals surface area contributed by atoms with Crippen molar-refractivity contribution in [3.05, 3.63) is 0 Å². The molecule has 0 saturated carbocycles. The lowest BCUT2D eigenvalue weighted by atomic mass is 10.1. The fraction of sp³-hybridized carbons (Fsp3) is 0.800. The third-order valence-corrected chi connectivity index (χ3v) is 1.24. The molecule has 0 aromatic carbocycles. The fourth-order valence-electron chi connectivity index (χ4n) is 0.655. The van der Waals surface area contributed by atoms with E-state index >= 15 is 0 Å². The van der Waals surface area contributed by atoms with Crippen LogP contribution < -0.4 is 0 Å². The summed E-state index contributed by atoms with van der Waals surface area (Å²) in [5, 5.41) is 17.6. The van der Waals surface area contributed by atoms with Crippen molar-refractivity contribution in [2.45, 2.75) is 18.6 Å². The molecule has 0 bridgehead atoms. The molecule has 4 nitrogen and oxygen atoms in total. The van der Waals surface area contributed by atoms with Gasteiger partial charge >= 0.3 is 5.97 Å². The Hall–Kier alpha value is -0.610. The first-order valence-corrected chi connectivity index (χ1v) is 2.72. The van der Waals surface area contributed by atoms with Crippen molar-refractivity contribution in [1.82, 2.24) is 0 Å². The van der Waals surface area contributed by atoms with E-state index in [2.05, 4.69) is 4.74 Å². The second-order valence-electron chi connectivity index (χ2n) is 2.02. The monoisotopic (exact) mass is 132 g/mol. The molecule has 1 fully saturated rings. The average molecular weight is 132 g/mol. The van der Waals surface area contributed by atoms with Crippen molar-refractivity contribution in [2.24, 2.45) is 0 Å². The number of esters is 1. The van der Waals surface area contributed by atoms with E-state index in [0.29, 0.717) is 0 Å². The number of aliphatic hydroxyl groups excluding tert-OH is 2. The highest BCUT2D eigenvalue weighted by atomic mass is 16.5. The van der Waals surface area contributed by atoms with Crippen LogP contribution in [0.2, 0.25) is 0 Å². The Morgan fingerprint density at radius 3 is 2.56 bits per heavy atom. The summed E-state index contributed by atoms with van der Waals surface area (Å²) in [5.74, 6) is -0.451. The van der Waals surface area contributed by atoms with Crippen LogP contribution in [0.25, 0.3) is 0 Å².